The third-order valence-corrected chi connectivity index (χ3v) is 3.88. The van der Waals surface area contributed by atoms with Crippen LogP contribution in [-0.2, 0) is 16.0 Å². The number of benzene rings is 1. The maximum absolute atomic E-state index is 5.87. The zero-order valence-electron chi connectivity index (χ0n) is 17.9. The minimum absolute atomic E-state index is 0. The molecule has 1 aromatic carbocycles. The molecule has 1 aromatic rings. The Bertz CT molecular complexity index is 546. The Morgan fingerprint density at radius 1 is 1.18 bits per heavy atom. The molecule has 1 unspecified atom stereocenters. The normalized spacial score (nSPS) is 12.4. The second-order valence-corrected chi connectivity index (χ2v) is 6.49. The third-order valence-electron chi connectivity index (χ3n) is 3.88. The summed E-state index contributed by atoms with van der Waals surface area (Å²) >= 11 is 0. The molecular formula is C20H37IN4O3. The van der Waals surface area contributed by atoms with Crippen LogP contribution in [0.3, 0.4) is 0 Å². The number of hydrogen-bond acceptors (Lipinski definition) is 5. The molecule has 0 aromatic heterocycles. The van der Waals surface area contributed by atoms with Crippen molar-refractivity contribution in [2.24, 2.45) is 4.99 Å². The summed E-state index contributed by atoms with van der Waals surface area (Å²) in [6, 6.07) is 8.27. The standard InChI is InChI=1S/C20H36N4O3.HI/c1-6-21-20(23-17(2)16-26-5)22-15-18-8-7-9-19(14-18)27-13-11-24(3)10-12-25-4;/h7-9,14,17H,6,10-13,15-16H2,1-5H3,(H2,21,22,23);1H. The van der Waals surface area contributed by atoms with Gasteiger partial charge in [0.25, 0.3) is 0 Å². The molecule has 0 amide bonds. The summed E-state index contributed by atoms with van der Waals surface area (Å²) < 4.78 is 16.1. The van der Waals surface area contributed by atoms with E-state index in [1.54, 1.807) is 14.2 Å². The van der Waals surface area contributed by atoms with E-state index >= 15 is 0 Å². The number of nitrogens with zero attached hydrogens (tertiary/aromatic N) is 2. The van der Waals surface area contributed by atoms with E-state index in [4.69, 9.17) is 14.2 Å². The van der Waals surface area contributed by atoms with Gasteiger partial charge in [0, 0.05) is 39.9 Å². The molecule has 0 spiro atoms. The lowest BCUT2D eigenvalue weighted by Crippen LogP contribution is -2.43. The fraction of sp³-hybridized carbons (Fsp3) is 0.650. The summed E-state index contributed by atoms with van der Waals surface area (Å²) in [6.07, 6.45) is 0. The minimum atomic E-state index is 0. The van der Waals surface area contributed by atoms with Crippen molar-refractivity contribution in [2.75, 3.05) is 60.7 Å². The summed E-state index contributed by atoms with van der Waals surface area (Å²) in [5, 5.41) is 6.59. The second-order valence-electron chi connectivity index (χ2n) is 6.49. The van der Waals surface area contributed by atoms with Crippen LogP contribution in [0.5, 0.6) is 5.75 Å². The zero-order valence-corrected chi connectivity index (χ0v) is 20.2. The fourth-order valence-corrected chi connectivity index (χ4v) is 2.43. The molecule has 0 bridgehead atoms. The molecule has 1 atom stereocenters. The Labute approximate surface area is 187 Å². The Morgan fingerprint density at radius 3 is 2.61 bits per heavy atom. The van der Waals surface area contributed by atoms with Gasteiger partial charge in [0.1, 0.15) is 12.4 Å². The van der Waals surface area contributed by atoms with Crippen LogP contribution in [0.4, 0.5) is 0 Å². The van der Waals surface area contributed by atoms with Gasteiger partial charge in [-0.25, -0.2) is 4.99 Å². The van der Waals surface area contributed by atoms with Crippen LogP contribution < -0.4 is 15.4 Å². The van der Waals surface area contributed by atoms with E-state index in [0.717, 1.165) is 43.5 Å². The highest BCUT2D eigenvalue weighted by molar-refractivity contribution is 14.0. The van der Waals surface area contributed by atoms with Crippen LogP contribution in [0.2, 0.25) is 0 Å². The first-order valence-corrected chi connectivity index (χ1v) is 9.52. The smallest absolute Gasteiger partial charge is 0.191 e. The molecule has 2 N–H and O–H groups in total. The molecule has 8 heteroatoms. The molecule has 0 aliphatic carbocycles. The summed E-state index contributed by atoms with van der Waals surface area (Å²) in [7, 11) is 5.48. The molecule has 0 fully saturated rings. The number of guanidine groups is 1. The van der Waals surface area contributed by atoms with Gasteiger partial charge in [-0.15, -0.1) is 24.0 Å². The zero-order chi connectivity index (χ0) is 19.9. The van der Waals surface area contributed by atoms with Gasteiger partial charge in [-0.3, -0.25) is 0 Å². The lowest BCUT2D eigenvalue weighted by Gasteiger charge is -2.17. The second kappa shape index (κ2) is 16.8. The Balaban J connectivity index is 0.00000729. The third kappa shape index (κ3) is 12.4. The average Bonchev–Trinajstić information content (AvgIpc) is 2.65. The fourth-order valence-electron chi connectivity index (χ4n) is 2.43. The van der Waals surface area contributed by atoms with E-state index in [1.165, 1.54) is 0 Å². The summed E-state index contributed by atoms with van der Waals surface area (Å²) in [6.45, 7) is 9.28. The van der Waals surface area contributed by atoms with Crippen molar-refractivity contribution in [3.63, 3.8) is 0 Å². The van der Waals surface area contributed by atoms with E-state index in [0.29, 0.717) is 19.8 Å². The van der Waals surface area contributed by atoms with Crippen LogP contribution in [0.1, 0.15) is 19.4 Å². The van der Waals surface area contributed by atoms with E-state index in [9.17, 15) is 0 Å². The topological polar surface area (TPSA) is 67.4 Å². The first-order chi connectivity index (χ1) is 13.1. The number of methoxy groups -OCH3 is 2. The van der Waals surface area contributed by atoms with Gasteiger partial charge in [0.05, 0.1) is 19.8 Å². The van der Waals surface area contributed by atoms with Crippen molar-refractivity contribution in [2.45, 2.75) is 26.4 Å². The predicted octanol–water partition coefficient (Wildman–Crippen LogP) is 2.35. The van der Waals surface area contributed by atoms with Crippen LogP contribution in [0, 0.1) is 0 Å². The van der Waals surface area contributed by atoms with Crippen LogP contribution in [-0.4, -0.2) is 77.6 Å². The molecule has 0 saturated carbocycles. The maximum Gasteiger partial charge on any atom is 0.191 e. The van der Waals surface area contributed by atoms with Crippen molar-refractivity contribution >= 4 is 29.9 Å². The average molecular weight is 508 g/mol. The minimum Gasteiger partial charge on any atom is -0.492 e. The van der Waals surface area contributed by atoms with Gasteiger partial charge in [0.2, 0.25) is 0 Å². The van der Waals surface area contributed by atoms with Crippen LogP contribution in [0.15, 0.2) is 29.3 Å². The Kier molecular flexibility index (Phi) is 16.2. The first-order valence-electron chi connectivity index (χ1n) is 9.52. The Morgan fingerprint density at radius 2 is 1.93 bits per heavy atom. The summed E-state index contributed by atoms with van der Waals surface area (Å²) in [5.41, 5.74) is 1.11. The van der Waals surface area contributed by atoms with Crippen LogP contribution in [0.25, 0.3) is 0 Å². The molecule has 0 aliphatic rings. The van der Waals surface area contributed by atoms with Gasteiger partial charge in [0.15, 0.2) is 5.96 Å². The number of rotatable bonds is 13. The van der Waals surface area contributed by atoms with Crippen molar-refractivity contribution < 1.29 is 14.2 Å². The van der Waals surface area contributed by atoms with Crippen molar-refractivity contribution in [1.29, 1.82) is 0 Å². The highest BCUT2D eigenvalue weighted by Crippen LogP contribution is 2.14. The molecule has 0 saturated heterocycles. The largest absolute Gasteiger partial charge is 0.492 e. The van der Waals surface area contributed by atoms with E-state index < -0.39 is 0 Å². The molecule has 7 nitrogen and oxygen atoms in total. The lowest BCUT2D eigenvalue weighted by molar-refractivity contribution is 0.150. The number of likely N-dealkylation sites (N-methyl/N-ethyl adjacent to an activating group) is 1. The maximum atomic E-state index is 5.87. The van der Waals surface area contributed by atoms with Gasteiger partial charge in [-0.05, 0) is 38.6 Å². The van der Waals surface area contributed by atoms with Crippen molar-refractivity contribution in [1.82, 2.24) is 15.5 Å². The number of aliphatic imine (C=N–C) groups is 1. The Hall–Kier alpha value is -1.10. The SMILES string of the molecule is CCNC(=NCc1cccc(OCCN(C)CCOC)c1)NC(C)COC.I. The molecule has 28 heavy (non-hydrogen) atoms. The van der Waals surface area contributed by atoms with Gasteiger partial charge < -0.3 is 29.7 Å². The highest BCUT2D eigenvalue weighted by Gasteiger charge is 2.05. The predicted molar refractivity (Wildman–Crippen MR) is 126 cm³/mol. The quantitative estimate of drug-likeness (QED) is 0.242. The van der Waals surface area contributed by atoms with E-state index in [1.807, 2.05) is 18.2 Å². The first kappa shape index (κ1) is 26.9. The van der Waals surface area contributed by atoms with Gasteiger partial charge in [-0.2, -0.15) is 0 Å². The van der Waals surface area contributed by atoms with Gasteiger partial charge >= 0.3 is 0 Å². The van der Waals surface area contributed by atoms with E-state index in [2.05, 4.69) is 47.5 Å². The number of hydrogen-bond donors (Lipinski definition) is 2. The molecule has 1 rings (SSSR count). The van der Waals surface area contributed by atoms with Crippen LogP contribution >= 0.6 is 24.0 Å². The van der Waals surface area contributed by atoms with Gasteiger partial charge in [-0.1, -0.05) is 12.1 Å². The molecule has 0 radical (unpaired) electrons. The summed E-state index contributed by atoms with van der Waals surface area (Å²) in [5.74, 6) is 1.65. The summed E-state index contributed by atoms with van der Waals surface area (Å²) in [4.78, 5) is 6.84. The number of ether oxygens (including phenoxy) is 3. The molecule has 0 aliphatic heterocycles. The number of nitrogens with one attached hydrogen (secondary N) is 2. The monoisotopic (exact) mass is 508 g/mol. The van der Waals surface area contributed by atoms with Crippen molar-refractivity contribution in [3.05, 3.63) is 29.8 Å². The molecular weight excluding hydrogens is 471 g/mol. The van der Waals surface area contributed by atoms with Crippen molar-refractivity contribution in [3.8, 4) is 5.75 Å². The lowest BCUT2D eigenvalue weighted by atomic mass is 10.2. The molecule has 162 valence electrons. The molecule has 0 heterocycles. The highest BCUT2D eigenvalue weighted by atomic mass is 127. The number of halogens is 1. The van der Waals surface area contributed by atoms with E-state index in [-0.39, 0.29) is 30.0 Å².